The molecule has 0 aliphatic heterocycles. The number of hydrogen-bond donors (Lipinski definition) is 1. The molecule has 108 valence electrons. The van der Waals surface area contributed by atoms with Crippen molar-refractivity contribution in [3.05, 3.63) is 41.6 Å². The van der Waals surface area contributed by atoms with E-state index in [0.29, 0.717) is 5.82 Å². The second-order valence-corrected chi connectivity index (χ2v) is 6.63. The smallest absolute Gasteiger partial charge is 0.127 e. The van der Waals surface area contributed by atoms with E-state index in [4.69, 9.17) is 5.73 Å². The van der Waals surface area contributed by atoms with E-state index in [-0.39, 0.29) is 11.2 Å². The van der Waals surface area contributed by atoms with Gasteiger partial charge in [0.1, 0.15) is 5.82 Å². The summed E-state index contributed by atoms with van der Waals surface area (Å²) in [5.74, 6) is 0.581. The highest BCUT2D eigenvalue weighted by atomic mass is 32.2. The van der Waals surface area contributed by atoms with Gasteiger partial charge in [0.25, 0.3) is 0 Å². The maximum absolute atomic E-state index is 10.7. The van der Waals surface area contributed by atoms with E-state index in [1.54, 1.807) is 16.8 Å². The topological polar surface area (TPSA) is 84.0 Å². The minimum atomic E-state index is -2.08. The summed E-state index contributed by atoms with van der Waals surface area (Å²) < 4.78 is 23.0. The van der Waals surface area contributed by atoms with E-state index in [9.17, 15) is 8.76 Å². The van der Waals surface area contributed by atoms with E-state index < -0.39 is 11.1 Å². The minimum absolute atomic E-state index is 0.0160. The van der Waals surface area contributed by atoms with Crippen LogP contribution in [-0.4, -0.2) is 18.5 Å². The highest BCUT2D eigenvalue weighted by Crippen LogP contribution is 2.24. The van der Waals surface area contributed by atoms with Gasteiger partial charge in [-0.25, -0.2) is 4.68 Å². The second-order valence-electron chi connectivity index (χ2n) is 5.73. The van der Waals surface area contributed by atoms with E-state index in [2.05, 4.69) is 25.9 Å². The lowest BCUT2D eigenvalue weighted by atomic mass is 9.92. The largest absolute Gasteiger partial charge is 0.772 e. The Balaban J connectivity index is 2.32. The molecule has 1 atom stereocenters. The van der Waals surface area contributed by atoms with Crippen molar-refractivity contribution < 1.29 is 8.76 Å². The Morgan fingerprint density at radius 1 is 1.30 bits per heavy atom. The Labute approximate surface area is 121 Å². The van der Waals surface area contributed by atoms with Gasteiger partial charge in [-0.1, -0.05) is 44.0 Å². The zero-order valence-electron chi connectivity index (χ0n) is 11.8. The monoisotopic (exact) mass is 292 g/mol. The van der Waals surface area contributed by atoms with Crippen LogP contribution in [-0.2, 0) is 22.2 Å². The number of anilines is 1. The Kier molecular flexibility index (Phi) is 3.96. The molecular formula is C14H18N3O2S-. The molecular weight excluding hydrogens is 274 g/mol. The fourth-order valence-electron chi connectivity index (χ4n) is 1.84. The summed E-state index contributed by atoms with van der Waals surface area (Å²) in [6.07, 6.45) is 0. The molecule has 0 fully saturated rings. The molecule has 1 heterocycles. The molecule has 5 nitrogen and oxygen atoms in total. The van der Waals surface area contributed by atoms with Gasteiger partial charge in [-0.2, -0.15) is 5.10 Å². The standard InChI is InChI=1S/C14H19N3O2S/c1-14(2,3)12-8-13(15)17(16-12)11-6-4-10(5-7-11)9-20(18)19/h4-8H,9,15H2,1-3H3,(H,18,19)/p-1. The predicted octanol–water partition coefficient (Wildman–Crippen LogP) is 2.13. The molecule has 6 heteroatoms. The van der Waals surface area contributed by atoms with Crippen LogP contribution in [0.15, 0.2) is 30.3 Å². The first-order valence-electron chi connectivity index (χ1n) is 6.28. The Hall–Kier alpha value is -1.66. The molecule has 0 amide bonds. The Morgan fingerprint density at radius 2 is 1.90 bits per heavy atom. The number of nitrogens with zero attached hydrogens (tertiary/aromatic N) is 2. The zero-order chi connectivity index (χ0) is 14.9. The van der Waals surface area contributed by atoms with Gasteiger partial charge in [-0.05, 0) is 17.7 Å². The maximum Gasteiger partial charge on any atom is 0.127 e. The molecule has 0 saturated heterocycles. The quantitative estimate of drug-likeness (QED) is 0.878. The van der Waals surface area contributed by atoms with Crippen molar-refractivity contribution in [1.82, 2.24) is 9.78 Å². The second kappa shape index (κ2) is 5.38. The van der Waals surface area contributed by atoms with Crippen molar-refractivity contribution in [1.29, 1.82) is 0 Å². The molecule has 1 aromatic heterocycles. The number of nitrogens with two attached hydrogens (primary N) is 1. The van der Waals surface area contributed by atoms with E-state index in [1.807, 2.05) is 18.2 Å². The van der Waals surface area contributed by atoms with Gasteiger partial charge in [0.05, 0.1) is 11.4 Å². The predicted molar refractivity (Wildman–Crippen MR) is 79.3 cm³/mol. The first-order valence-corrected chi connectivity index (χ1v) is 7.53. The number of benzene rings is 1. The third-order valence-electron chi connectivity index (χ3n) is 2.97. The summed E-state index contributed by atoms with van der Waals surface area (Å²) in [5, 5.41) is 4.51. The van der Waals surface area contributed by atoms with E-state index in [1.165, 1.54) is 0 Å². The van der Waals surface area contributed by atoms with Crippen LogP contribution < -0.4 is 5.73 Å². The van der Waals surface area contributed by atoms with E-state index >= 15 is 0 Å². The van der Waals surface area contributed by atoms with Crippen molar-refractivity contribution in [2.75, 3.05) is 5.73 Å². The van der Waals surface area contributed by atoms with Crippen LogP contribution in [0.4, 0.5) is 5.82 Å². The first-order chi connectivity index (χ1) is 9.27. The molecule has 0 bridgehead atoms. The van der Waals surface area contributed by atoms with Crippen molar-refractivity contribution >= 4 is 16.9 Å². The van der Waals surface area contributed by atoms with Gasteiger partial charge in [0.15, 0.2) is 0 Å². The minimum Gasteiger partial charge on any atom is -0.772 e. The van der Waals surface area contributed by atoms with Gasteiger partial charge in [-0.15, -0.1) is 0 Å². The van der Waals surface area contributed by atoms with Gasteiger partial charge in [-0.3, -0.25) is 4.21 Å². The van der Waals surface area contributed by atoms with Gasteiger partial charge < -0.3 is 10.3 Å². The molecule has 0 radical (unpaired) electrons. The molecule has 0 saturated carbocycles. The van der Waals surface area contributed by atoms with Crippen LogP contribution in [0.1, 0.15) is 32.0 Å². The summed E-state index contributed by atoms with van der Waals surface area (Å²) >= 11 is -2.08. The summed E-state index contributed by atoms with van der Waals surface area (Å²) in [7, 11) is 0. The van der Waals surface area contributed by atoms with Crippen LogP contribution >= 0.6 is 0 Å². The fourth-order valence-corrected chi connectivity index (χ4v) is 2.30. The first kappa shape index (κ1) is 14.7. The molecule has 0 aliphatic carbocycles. The van der Waals surface area contributed by atoms with Crippen LogP contribution in [0.25, 0.3) is 5.69 Å². The molecule has 1 aromatic carbocycles. The zero-order valence-corrected chi connectivity index (χ0v) is 12.6. The van der Waals surface area contributed by atoms with Crippen molar-refractivity contribution in [3.63, 3.8) is 0 Å². The summed E-state index contributed by atoms with van der Waals surface area (Å²) in [5.41, 5.74) is 8.39. The lowest BCUT2D eigenvalue weighted by molar-refractivity contribution is 0.536. The number of nitrogen functional groups attached to an aromatic ring is 1. The number of aromatic nitrogens is 2. The summed E-state index contributed by atoms with van der Waals surface area (Å²) in [4.78, 5) is 0. The van der Waals surface area contributed by atoms with Gasteiger partial charge >= 0.3 is 0 Å². The molecule has 2 aromatic rings. The highest BCUT2D eigenvalue weighted by Gasteiger charge is 2.19. The molecule has 0 spiro atoms. The molecule has 1 unspecified atom stereocenters. The van der Waals surface area contributed by atoms with Crippen LogP contribution in [0.5, 0.6) is 0 Å². The third-order valence-corrected chi connectivity index (χ3v) is 3.54. The van der Waals surface area contributed by atoms with Crippen LogP contribution in [0.3, 0.4) is 0 Å². The lowest BCUT2D eigenvalue weighted by Crippen LogP contribution is -2.12. The summed E-state index contributed by atoms with van der Waals surface area (Å²) in [6, 6.07) is 9.03. The highest BCUT2D eigenvalue weighted by molar-refractivity contribution is 7.78. The summed E-state index contributed by atoms with van der Waals surface area (Å²) in [6.45, 7) is 6.23. The van der Waals surface area contributed by atoms with Crippen LogP contribution in [0.2, 0.25) is 0 Å². The van der Waals surface area contributed by atoms with Crippen molar-refractivity contribution in [3.8, 4) is 5.69 Å². The fraction of sp³-hybridized carbons (Fsp3) is 0.357. The van der Waals surface area contributed by atoms with Crippen LogP contribution in [0, 0.1) is 0 Å². The van der Waals surface area contributed by atoms with Crippen molar-refractivity contribution in [2.45, 2.75) is 31.9 Å². The lowest BCUT2D eigenvalue weighted by Gasteiger charge is -2.14. The average Bonchev–Trinajstić information content (AvgIpc) is 2.71. The average molecular weight is 292 g/mol. The molecule has 20 heavy (non-hydrogen) atoms. The molecule has 2 rings (SSSR count). The van der Waals surface area contributed by atoms with Gasteiger partial charge in [0.2, 0.25) is 0 Å². The van der Waals surface area contributed by atoms with Crippen molar-refractivity contribution in [2.24, 2.45) is 0 Å². The Morgan fingerprint density at radius 3 is 2.35 bits per heavy atom. The number of rotatable bonds is 3. The normalized spacial score (nSPS) is 13.4. The maximum atomic E-state index is 10.7. The third kappa shape index (κ3) is 3.26. The molecule has 2 N–H and O–H groups in total. The SMILES string of the molecule is CC(C)(C)c1cc(N)n(-c2ccc(CS(=O)[O-])cc2)n1. The number of hydrogen-bond acceptors (Lipinski definition) is 4. The Bertz CT molecular complexity index is 627. The molecule has 0 aliphatic rings. The van der Waals surface area contributed by atoms with E-state index in [0.717, 1.165) is 16.9 Å². The van der Waals surface area contributed by atoms with Gasteiger partial charge in [0, 0.05) is 17.2 Å².